The first-order chi connectivity index (χ1) is 10.8. The van der Waals surface area contributed by atoms with Gasteiger partial charge in [-0.05, 0) is 36.4 Å². The van der Waals surface area contributed by atoms with Gasteiger partial charge in [-0.15, -0.1) is 0 Å². The number of halogens is 1. The molecule has 0 atom stereocenters. The minimum absolute atomic E-state index is 0.00406. The Hall–Kier alpha value is -2.89. The van der Waals surface area contributed by atoms with Gasteiger partial charge in [0.25, 0.3) is 5.89 Å². The summed E-state index contributed by atoms with van der Waals surface area (Å²) >= 11 is 0. The molecule has 0 N–H and O–H groups in total. The molecule has 0 radical (unpaired) electrons. The Kier molecular flexibility index (Phi) is 4.00. The van der Waals surface area contributed by atoms with Gasteiger partial charge in [-0.3, -0.25) is 0 Å². The standard InChI is InChI=1S/C16H13FN2O3/c1-20-12-8-6-11(7-9-12)16-18-15(22-19-16)10-21-14-5-3-2-4-13(14)17/h2-9H,10H2,1H3. The Morgan fingerprint density at radius 1 is 1.09 bits per heavy atom. The molecule has 0 unspecified atom stereocenters. The van der Waals surface area contributed by atoms with Crippen LogP contribution in [0.25, 0.3) is 11.4 Å². The van der Waals surface area contributed by atoms with Crippen LogP contribution >= 0.6 is 0 Å². The van der Waals surface area contributed by atoms with E-state index in [-0.39, 0.29) is 18.2 Å². The lowest BCUT2D eigenvalue weighted by Crippen LogP contribution is -1.97. The molecule has 0 aliphatic rings. The van der Waals surface area contributed by atoms with Crippen LogP contribution in [0.15, 0.2) is 53.1 Å². The highest BCUT2D eigenvalue weighted by molar-refractivity contribution is 5.55. The molecule has 0 aliphatic carbocycles. The minimum Gasteiger partial charge on any atom is -0.497 e. The molecule has 5 nitrogen and oxygen atoms in total. The van der Waals surface area contributed by atoms with Gasteiger partial charge in [0.2, 0.25) is 5.82 Å². The maximum Gasteiger partial charge on any atom is 0.264 e. The fraction of sp³-hybridized carbons (Fsp3) is 0.125. The summed E-state index contributed by atoms with van der Waals surface area (Å²) < 4.78 is 28.9. The lowest BCUT2D eigenvalue weighted by atomic mass is 10.2. The highest BCUT2D eigenvalue weighted by Crippen LogP contribution is 2.21. The molecule has 112 valence electrons. The zero-order chi connectivity index (χ0) is 15.4. The predicted octanol–water partition coefficient (Wildman–Crippen LogP) is 3.46. The minimum atomic E-state index is -0.433. The van der Waals surface area contributed by atoms with E-state index in [4.69, 9.17) is 14.0 Å². The average Bonchev–Trinajstić information content (AvgIpc) is 3.03. The molecule has 0 bridgehead atoms. The van der Waals surface area contributed by atoms with Crippen LogP contribution in [0.3, 0.4) is 0 Å². The number of hydrogen-bond acceptors (Lipinski definition) is 5. The monoisotopic (exact) mass is 300 g/mol. The van der Waals surface area contributed by atoms with Gasteiger partial charge < -0.3 is 14.0 Å². The van der Waals surface area contributed by atoms with Gasteiger partial charge in [-0.25, -0.2) is 4.39 Å². The van der Waals surface area contributed by atoms with Crippen molar-refractivity contribution in [2.75, 3.05) is 7.11 Å². The largest absolute Gasteiger partial charge is 0.497 e. The molecular weight excluding hydrogens is 287 g/mol. The fourth-order valence-electron chi connectivity index (χ4n) is 1.87. The van der Waals surface area contributed by atoms with Gasteiger partial charge in [0, 0.05) is 5.56 Å². The van der Waals surface area contributed by atoms with E-state index in [0.29, 0.717) is 5.82 Å². The average molecular weight is 300 g/mol. The molecule has 0 saturated carbocycles. The van der Waals surface area contributed by atoms with Gasteiger partial charge in [0.1, 0.15) is 5.75 Å². The van der Waals surface area contributed by atoms with Crippen LogP contribution in [0.2, 0.25) is 0 Å². The molecule has 1 heterocycles. The smallest absolute Gasteiger partial charge is 0.264 e. The van der Waals surface area contributed by atoms with Crippen molar-refractivity contribution in [3.05, 3.63) is 60.2 Å². The van der Waals surface area contributed by atoms with E-state index in [0.717, 1.165) is 11.3 Å². The summed E-state index contributed by atoms with van der Waals surface area (Å²) in [6, 6.07) is 13.4. The summed E-state index contributed by atoms with van der Waals surface area (Å²) in [5.41, 5.74) is 0.793. The molecule has 3 rings (SSSR count). The number of nitrogens with zero attached hydrogens (tertiary/aromatic N) is 2. The SMILES string of the molecule is COc1ccc(-c2noc(COc3ccccc3F)n2)cc1. The third kappa shape index (κ3) is 3.06. The summed E-state index contributed by atoms with van der Waals surface area (Å²) in [4.78, 5) is 4.21. The van der Waals surface area contributed by atoms with Crippen molar-refractivity contribution >= 4 is 0 Å². The lowest BCUT2D eigenvalue weighted by molar-refractivity contribution is 0.234. The second-order valence-corrected chi connectivity index (χ2v) is 4.46. The molecule has 3 aromatic rings. The number of rotatable bonds is 5. The van der Waals surface area contributed by atoms with E-state index in [9.17, 15) is 4.39 Å². The Morgan fingerprint density at radius 3 is 2.59 bits per heavy atom. The van der Waals surface area contributed by atoms with Crippen LogP contribution in [0.1, 0.15) is 5.89 Å². The summed E-state index contributed by atoms with van der Waals surface area (Å²) in [5.74, 6) is 1.17. The molecule has 1 aromatic heterocycles. The molecule has 22 heavy (non-hydrogen) atoms. The molecule has 0 amide bonds. The summed E-state index contributed by atoms with van der Waals surface area (Å²) in [5, 5.41) is 3.88. The van der Waals surface area contributed by atoms with E-state index < -0.39 is 5.82 Å². The van der Waals surface area contributed by atoms with Crippen LogP contribution in [0.5, 0.6) is 11.5 Å². The van der Waals surface area contributed by atoms with Crippen LogP contribution in [0.4, 0.5) is 4.39 Å². The van der Waals surface area contributed by atoms with Crippen molar-refractivity contribution in [3.8, 4) is 22.9 Å². The van der Waals surface area contributed by atoms with E-state index in [1.807, 2.05) is 12.1 Å². The van der Waals surface area contributed by atoms with Crippen molar-refractivity contribution in [2.24, 2.45) is 0 Å². The van der Waals surface area contributed by atoms with Crippen molar-refractivity contribution < 1.29 is 18.4 Å². The van der Waals surface area contributed by atoms with Crippen molar-refractivity contribution in [2.45, 2.75) is 6.61 Å². The van der Waals surface area contributed by atoms with E-state index in [1.165, 1.54) is 12.1 Å². The van der Waals surface area contributed by atoms with Crippen LogP contribution in [-0.4, -0.2) is 17.3 Å². The van der Waals surface area contributed by atoms with Crippen LogP contribution in [0, 0.1) is 5.82 Å². The van der Waals surface area contributed by atoms with E-state index in [1.54, 1.807) is 31.4 Å². The van der Waals surface area contributed by atoms with Crippen LogP contribution in [-0.2, 0) is 6.61 Å². The van der Waals surface area contributed by atoms with Gasteiger partial charge in [-0.2, -0.15) is 4.98 Å². The second kappa shape index (κ2) is 6.26. The topological polar surface area (TPSA) is 57.4 Å². The molecule has 6 heteroatoms. The lowest BCUT2D eigenvalue weighted by Gasteiger charge is -2.03. The number of para-hydroxylation sites is 1. The van der Waals surface area contributed by atoms with Gasteiger partial charge in [0.15, 0.2) is 18.2 Å². The maximum absolute atomic E-state index is 13.4. The molecule has 0 aliphatic heterocycles. The fourth-order valence-corrected chi connectivity index (χ4v) is 1.87. The third-order valence-corrected chi connectivity index (χ3v) is 3.00. The number of ether oxygens (including phenoxy) is 2. The quantitative estimate of drug-likeness (QED) is 0.722. The van der Waals surface area contributed by atoms with Crippen molar-refractivity contribution in [3.63, 3.8) is 0 Å². The Morgan fingerprint density at radius 2 is 1.86 bits per heavy atom. The summed E-state index contributed by atoms with van der Waals surface area (Å²) in [6.45, 7) is 0.00406. The van der Waals surface area contributed by atoms with Crippen molar-refractivity contribution in [1.82, 2.24) is 10.1 Å². The number of hydrogen-bond donors (Lipinski definition) is 0. The Bertz CT molecular complexity index is 756. The summed E-state index contributed by atoms with van der Waals surface area (Å²) in [6.07, 6.45) is 0. The second-order valence-electron chi connectivity index (χ2n) is 4.46. The Labute approximate surface area is 126 Å². The highest BCUT2D eigenvalue weighted by atomic mass is 19.1. The zero-order valence-electron chi connectivity index (χ0n) is 11.8. The molecule has 0 spiro atoms. The van der Waals surface area contributed by atoms with E-state index >= 15 is 0 Å². The zero-order valence-corrected chi connectivity index (χ0v) is 11.8. The third-order valence-electron chi connectivity index (χ3n) is 3.00. The first-order valence-corrected chi connectivity index (χ1v) is 6.60. The molecule has 0 fully saturated rings. The van der Waals surface area contributed by atoms with Crippen LogP contribution < -0.4 is 9.47 Å². The van der Waals surface area contributed by atoms with Gasteiger partial charge >= 0.3 is 0 Å². The molecular formula is C16H13FN2O3. The first kappa shape index (κ1) is 14.1. The number of benzene rings is 2. The predicted molar refractivity (Wildman–Crippen MR) is 77.0 cm³/mol. The normalized spacial score (nSPS) is 10.5. The van der Waals surface area contributed by atoms with Gasteiger partial charge in [-0.1, -0.05) is 17.3 Å². The van der Waals surface area contributed by atoms with Crippen molar-refractivity contribution in [1.29, 1.82) is 0 Å². The molecule has 2 aromatic carbocycles. The Balaban J connectivity index is 1.69. The van der Waals surface area contributed by atoms with Gasteiger partial charge in [0.05, 0.1) is 7.11 Å². The number of aromatic nitrogens is 2. The molecule has 0 saturated heterocycles. The first-order valence-electron chi connectivity index (χ1n) is 6.60. The number of methoxy groups -OCH3 is 1. The highest BCUT2D eigenvalue weighted by Gasteiger charge is 2.10. The summed E-state index contributed by atoms with van der Waals surface area (Å²) in [7, 11) is 1.60. The van der Waals surface area contributed by atoms with E-state index in [2.05, 4.69) is 10.1 Å². The maximum atomic E-state index is 13.4.